The SMILES string of the molecule is O=C(O)c1ccc(-c2nn(C(=O)c3c(Cl)cccc3C(F)(F)F)c3cc(O)ccc23)cc1. The summed E-state index contributed by atoms with van der Waals surface area (Å²) in [6.45, 7) is 0. The van der Waals surface area contributed by atoms with E-state index in [1.807, 2.05) is 0 Å². The molecule has 0 amide bonds. The molecule has 0 bridgehead atoms. The molecule has 0 fully saturated rings. The Labute approximate surface area is 183 Å². The van der Waals surface area contributed by atoms with Crippen molar-refractivity contribution in [1.29, 1.82) is 0 Å². The molecular formula is C22H12ClF3N2O4. The van der Waals surface area contributed by atoms with Gasteiger partial charge in [-0.05, 0) is 36.4 Å². The molecule has 0 spiro atoms. The molecule has 6 nitrogen and oxygen atoms in total. The van der Waals surface area contributed by atoms with Gasteiger partial charge in [0.2, 0.25) is 0 Å². The summed E-state index contributed by atoms with van der Waals surface area (Å²) in [6.07, 6.45) is -4.84. The fourth-order valence-electron chi connectivity index (χ4n) is 3.33. The van der Waals surface area contributed by atoms with E-state index in [1.165, 1.54) is 48.5 Å². The molecule has 0 aliphatic heterocycles. The second-order valence-electron chi connectivity index (χ2n) is 6.81. The zero-order valence-corrected chi connectivity index (χ0v) is 16.6. The third-order valence-corrected chi connectivity index (χ3v) is 5.11. The van der Waals surface area contributed by atoms with Crippen molar-refractivity contribution in [3.05, 3.63) is 82.4 Å². The van der Waals surface area contributed by atoms with Crippen molar-refractivity contribution in [2.75, 3.05) is 0 Å². The van der Waals surface area contributed by atoms with Crippen LogP contribution in [-0.2, 0) is 6.18 Å². The van der Waals surface area contributed by atoms with Gasteiger partial charge in [0.05, 0.1) is 27.2 Å². The summed E-state index contributed by atoms with van der Waals surface area (Å²) in [5.41, 5.74) is -1.27. The number of carbonyl (C=O) groups excluding carboxylic acids is 1. The lowest BCUT2D eigenvalue weighted by Crippen LogP contribution is -2.20. The molecule has 10 heteroatoms. The number of rotatable bonds is 3. The van der Waals surface area contributed by atoms with Crippen LogP contribution in [0.15, 0.2) is 60.7 Å². The number of alkyl halides is 3. The predicted molar refractivity (Wildman–Crippen MR) is 110 cm³/mol. The Bertz CT molecular complexity index is 1380. The van der Waals surface area contributed by atoms with E-state index in [2.05, 4.69) is 5.10 Å². The highest BCUT2D eigenvalue weighted by Gasteiger charge is 2.37. The van der Waals surface area contributed by atoms with E-state index in [0.717, 1.165) is 16.8 Å². The summed E-state index contributed by atoms with van der Waals surface area (Å²) in [4.78, 5) is 24.3. The summed E-state index contributed by atoms with van der Waals surface area (Å²) in [5.74, 6) is -2.49. The number of carboxylic acid groups (broad SMARTS) is 1. The Morgan fingerprint density at radius 3 is 2.31 bits per heavy atom. The number of phenolic OH excluding ortho intramolecular Hbond substituents is 1. The summed E-state index contributed by atoms with van der Waals surface area (Å²) in [7, 11) is 0. The molecule has 0 saturated heterocycles. The van der Waals surface area contributed by atoms with Gasteiger partial charge in [-0.1, -0.05) is 29.8 Å². The number of carbonyl (C=O) groups is 2. The standard InChI is InChI=1S/C22H12ClF3N2O4/c23-16-3-1-2-15(22(24,25)26)18(16)20(30)28-17-10-13(29)8-9-14(17)19(27-28)11-4-6-12(7-5-11)21(31)32/h1-10,29H,(H,31,32). The van der Waals surface area contributed by atoms with Crippen molar-refractivity contribution in [3.8, 4) is 17.0 Å². The van der Waals surface area contributed by atoms with E-state index in [9.17, 15) is 27.9 Å². The van der Waals surface area contributed by atoms with Gasteiger partial charge in [-0.25, -0.2) is 4.79 Å². The highest BCUT2D eigenvalue weighted by molar-refractivity contribution is 6.34. The molecule has 4 rings (SSSR count). The smallest absolute Gasteiger partial charge is 0.417 e. The fraction of sp³-hybridized carbons (Fsp3) is 0.0455. The summed E-state index contributed by atoms with van der Waals surface area (Å²) in [6, 6.07) is 12.6. The molecule has 4 aromatic rings. The molecule has 0 saturated carbocycles. The van der Waals surface area contributed by atoms with E-state index in [4.69, 9.17) is 16.7 Å². The van der Waals surface area contributed by atoms with E-state index in [0.29, 0.717) is 10.9 Å². The number of aromatic carboxylic acids is 1. The van der Waals surface area contributed by atoms with E-state index < -0.39 is 34.2 Å². The number of carboxylic acids is 1. The minimum absolute atomic E-state index is 0.0251. The Balaban J connectivity index is 1.95. The van der Waals surface area contributed by atoms with Gasteiger partial charge in [-0.15, -0.1) is 0 Å². The normalized spacial score (nSPS) is 11.6. The van der Waals surface area contributed by atoms with Gasteiger partial charge in [0.25, 0.3) is 5.91 Å². The summed E-state index contributed by atoms with van der Waals surface area (Å²) < 4.78 is 41.3. The molecular weight excluding hydrogens is 449 g/mol. The second-order valence-corrected chi connectivity index (χ2v) is 7.22. The third kappa shape index (κ3) is 3.67. The lowest BCUT2D eigenvalue weighted by Gasteiger charge is -2.13. The Morgan fingerprint density at radius 2 is 1.69 bits per heavy atom. The number of halogens is 4. The Hall–Kier alpha value is -3.85. The summed E-state index contributed by atoms with van der Waals surface area (Å²) in [5, 5.41) is 23.1. The fourth-order valence-corrected chi connectivity index (χ4v) is 3.58. The van der Waals surface area contributed by atoms with Gasteiger partial charge >= 0.3 is 12.1 Å². The minimum atomic E-state index is -4.84. The lowest BCUT2D eigenvalue weighted by molar-refractivity contribution is -0.137. The number of fused-ring (bicyclic) bond motifs is 1. The molecule has 32 heavy (non-hydrogen) atoms. The molecule has 0 radical (unpaired) electrons. The van der Waals surface area contributed by atoms with Crippen molar-refractivity contribution < 1.29 is 33.0 Å². The number of aromatic hydroxyl groups is 1. The molecule has 2 N–H and O–H groups in total. The monoisotopic (exact) mass is 460 g/mol. The van der Waals surface area contributed by atoms with Gasteiger partial charge < -0.3 is 10.2 Å². The van der Waals surface area contributed by atoms with Crippen LogP contribution in [0.25, 0.3) is 22.2 Å². The van der Waals surface area contributed by atoms with E-state index in [-0.39, 0.29) is 22.5 Å². The van der Waals surface area contributed by atoms with E-state index in [1.54, 1.807) is 0 Å². The Kier molecular flexibility index (Phi) is 5.14. The number of aromatic nitrogens is 2. The van der Waals surface area contributed by atoms with Crippen LogP contribution in [-0.4, -0.2) is 31.9 Å². The highest BCUT2D eigenvalue weighted by atomic mass is 35.5. The third-order valence-electron chi connectivity index (χ3n) is 4.80. The highest BCUT2D eigenvalue weighted by Crippen LogP contribution is 2.37. The van der Waals surface area contributed by atoms with Crippen LogP contribution < -0.4 is 0 Å². The molecule has 3 aromatic carbocycles. The van der Waals surface area contributed by atoms with E-state index >= 15 is 0 Å². The quantitative estimate of drug-likeness (QED) is 0.423. The summed E-state index contributed by atoms with van der Waals surface area (Å²) >= 11 is 5.97. The topological polar surface area (TPSA) is 92.4 Å². The van der Waals surface area contributed by atoms with Gasteiger partial charge in [-0.3, -0.25) is 4.79 Å². The first-order valence-corrected chi connectivity index (χ1v) is 9.41. The van der Waals surface area contributed by atoms with Crippen LogP contribution in [0.3, 0.4) is 0 Å². The second kappa shape index (κ2) is 7.69. The van der Waals surface area contributed by atoms with Crippen LogP contribution in [0.4, 0.5) is 13.2 Å². The number of benzene rings is 3. The minimum Gasteiger partial charge on any atom is -0.508 e. The van der Waals surface area contributed by atoms with Gasteiger partial charge in [0.15, 0.2) is 0 Å². The average molecular weight is 461 g/mol. The maximum absolute atomic E-state index is 13.5. The maximum Gasteiger partial charge on any atom is 0.417 e. The number of nitrogens with zero attached hydrogens (tertiary/aromatic N) is 2. The molecule has 0 atom stereocenters. The van der Waals surface area contributed by atoms with Crippen LogP contribution >= 0.6 is 11.6 Å². The lowest BCUT2D eigenvalue weighted by atomic mass is 10.1. The molecule has 1 heterocycles. The zero-order chi connectivity index (χ0) is 23.2. The van der Waals surface area contributed by atoms with Gasteiger partial charge in [0, 0.05) is 17.0 Å². The molecule has 162 valence electrons. The maximum atomic E-state index is 13.5. The van der Waals surface area contributed by atoms with Crippen LogP contribution in [0.1, 0.15) is 26.3 Å². The predicted octanol–water partition coefficient (Wildman–Crippen LogP) is 5.47. The largest absolute Gasteiger partial charge is 0.508 e. The van der Waals surface area contributed by atoms with Crippen molar-refractivity contribution in [3.63, 3.8) is 0 Å². The number of hydrogen-bond acceptors (Lipinski definition) is 4. The Morgan fingerprint density at radius 1 is 1.00 bits per heavy atom. The van der Waals surface area contributed by atoms with Crippen LogP contribution in [0.2, 0.25) is 5.02 Å². The van der Waals surface area contributed by atoms with Gasteiger partial charge in [-0.2, -0.15) is 23.0 Å². The molecule has 0 aliphatic rings. The molecule has 1 aromatic heterocycles. The van der Waals surface area contributed by atoms with Crippen LogP contribution in [0.5, 0.6) is 5.75 Å². The van der Waals surface area contributed by atoms with Crippen molar-refractivity contribution in [1.82, 2.24) is 9.78 Å². The van der Waals surface area contributed by atoms with Crippen LogP contribution in [0, 0.1) is 0 Å². The number of hydrogen-bond donors (Lipinski definition) is 2. The first-order chi connectivity index (χ1) is 15.1. The average Bonchev–Trinajstić information content (AvgIpc) is 3.11. The first-order valence-electron chi connectivity index (χ1n) is 9.04. The number of phenols is 1. The molecule has 0 unspecified atom stereocenters. The zero-order valence-electron chi connectivity index (χ0n) is 15.9. The van der Waals surface area contributed by atoms with Gasteiger partial charge in [0.1, 0.15) is 11.4 Å². The van der Waals surface area contributed by atoms with Crippen molar-refractivity contribution in [2.45, 2.75) is 6.18 Å². The first kappa shape index (κ1) is 21.4. The van der Waals surface area contributed by atoms with Crippen molar-refractivity contribution in [2.24, 2.45) is 0 Å². The van der Waals surface area contributed by atoms with Crippen molar-refractivity contribution >= 4 is 34.4 Å². The molecule has 0 aliphatic carbocycles.